The zero-order valence-corrected chi connectivity index (χ0v) is 20.1. The number of hydrogen-bond donors (Lipinski definition) is 2. The molecule has 0 aliphatic carbocycles. The maximum atomic E-state index is 10.4. The lowest BCUT2D eigenvalue weighted by atomic mass is 10.1. The summed E-state index contributed by atoms with van der Waals surface area (Å²) in [4.78, 5) is 6.91. The smallest absolute Gasteiger partial charge is 0.194 e. The molecule has 3 rings (SSSR count). The van der Waals surface area contributed by atoms with Gasteiger partial charge in [0, 0.05) is 31.3 Å². The summed E-state index contributed by atoms with van der Waals surface area (Å²) in [5.41, 5.74) is 0.824. The van der Waals surface area contributed by atoms with Crippen LogP contribution >= 0.6 is 35.6 Å². The monoisotopic (exact) mass is 537 g/mol. The summed E-state index contributed by atoms with van der Waals surface area (Å²) in [6.07, 6.45) is 4.17. The van der Waals surface area contributed by atoms with Crippen LogP contribution in [-0.2, 0) is 9.47 Å². The highest BCUT2D eigenvalue weighted by Crippen LogP contribution is 2.19. The quantitative estimate of drug-likeness (QED) is 0.316. The zero-order valence-electron chi connectivity index (χ0n) is 17.1. The molecule has 2 unspecified atom stereocenters. The number of benzene rings is 1. The molecule has 0 radical (unpaired) electrons. The van der Waals surface area contributed by atoms with Crippen molar-refractivity contribution in [3.05, 3.63) is 34.9 Å². The summed E-state index contributed by atoms with van der Waals surface area (Å²) in [6, 6.07) is 7.26. The van der Waals surface area contributed by atoms with Crippen molar-refractivity contribution in [1.29, 1.82) is 0 Å². The molecule has 2 aliphatic heterocycles. The van der Waals surface area contributed by atoms with Gasteiger partial charge in [-0.25, -0.2) is 0 Å². The summed E-state index contributed by atoms with van der Waals surface area (Å²) in [5.74, 6) is 0.855. The van der Waals surface area contributed by atoms with Crippen LogP contribution in [0.1, 0.15) is 44.3 Å². The highest BCUT2D eigenvalue weighted by molar-refractivity contribution is 14.0. The van der Waals surface area contributed by atoms with Crippen LogP contribution in [0, 0.1) is 0 Å². The molecule has 29 heavy (non-hydrogen) atoms. The average Bonchev–Trinajstić information content (AvgIpc) is 3.24. The molecule has 1 aromatic carbocycles. The average molecular weight is 538 g/mol. The van der Waals surface area contributed by atoms with E-state index >= 15 is 0 Å². The van der Waals surface area contributed by atoms with Crippen LogP contribution in [0.4, 0.5) is 0 Å². The number of aliphatic hydroxyl groups is 1. The minimum Gasteiger partial charge on any atom is -0.386 e. The lowest BCUT2D eigenvalue weighted by molar-refractivity contribution is -0.0367. The number of rotatable bonds is 7. The van der Waals surface area contributed by atoms with Gasteiger partial charge in [0.15, 0.2) is 5.96 Å². The van der Waals surface area contributed by atoms with Gasteiger partial charge in [-0.05, 0) is 50.3 Å². The summed E-state index contributed by atoms with van der Waals surface area (Å²) >= 11 is 5.91. The second kappa shape index (κ2) is 12.9. The number of hydrogen-bond acceptors (Lipinski definition) is 4. The SMILES string of the molecule is CCNC(=NCC(O)c1ccc(Cl)cc1)N1CCC(OCC2CCCO2)CC1.I. The fourth-order valence-electron chi connectivity index (χ4n) is 3.64. The van der Waals surface area contributed by atoms with Gasteiger partial charge in [0.2, 0.25) is 0 Å². The number of halogens is 2. The Morgan fingerprint density at radius 1 is 1.31 bits per heavy atom. The third-order valence-electron chi connectivity index (χ3n) is 5.29. The minimum atomic E-state index is -0.641. The number of nitrogens with one attached hydrogen (secondary N) is 1. The summed E-state index contributed by atoms with van der Waals surface area (Å²) in [5, 5.41) is 14.4. The second-order valence-corrected chi connectivity index (χ2v) is 7.85. The Bertz CT molecular complexity index is 618. The Hall–Kier alpha value is -0.610. The number of likely N-dealkylation sites (tertiary alicyclic amines) is 1. The van der Waals surface area contributed by atoms with E-state index in [0.717, 1.165) is 63.4 Å². The molecule has 1 aromatic rings. The van der Waals surface area contributed by atoms with Gasteiger partial charge >= 0.3 is 0 Å². The van der Waals surface area contributed by atoms with Crippen molar-refractivity contribution in [2.45, 2.75) is 50.9 Å². The Labute approximate surface area is 196 Å². The van der Waals surface area contributed by atoms with Crippen LogP contribution in [-0.4, -0.2) is 67.6 Å². The van der Waals surface area contributed by atoms with Crippen molar-refractivity contribution in [2.75, 3.05) is 39.4 Å². The number of aliphatic imine (C=N–C) groups is 1. The topological polar surface area (TPSA) is 66.3 Å². The molecule has 0 aromatic heterocycles. The Morgan fingerprint density at radius 3 is 2.66 bits per heavy atom. The molecular formula is C21H33ClIN3O3. The molecule has 2 atom stereocenters. The lowest BCUT2D eigenvalue weighted by Gasteiger charge is -2.34. The molecule has 164 valence electrons. The van der Waals surface area contributed by atoms with Gasteiger partial charge in [-0.1, -0.05) is 23.7 Å². The summed E-state index contributed by atoms with van der Waals surface area (Å²) < 4.78 is 11.7. The molecule has 2 N–H and O–H groups in total. The first-order chi connectivity index (χ1) is 13.7. The van der Waals surface area contributed by atoms with Crippen LogP contribution in [0.5, 0.6) is 0 Å². The predicted octanol–water partition coefficient (Wildman–Crippen LogP) is 3.62. The molecule has 0 saturated carbocycles. The maximum absolute atomic E-state index is 10.4. The molecule has 6 nitrogen and oxygen atoms in total. The predicted molar refractivity (Wildman–Crippen MR) is 127 cm³/mol. The van der Waals surface area contributed by atoms with E-state index in [9.17, 15) is 5.11 Å². The number of guanidine groups is 1. The second-order valence-electron chi connectivity index (χ2n) is 7.42. The lowest BCUT2D eigenvalue weighted by Crippen LogP contribution is -2.47. The molecule has 0 spiro atoms. The van der Waals surface area contributed by atoms with E-state index in [1.807, 2.05) is 12.1 Å². The van der Waals surface area contributed by atoms with Crippen molar-refractivity contribution in [3.63, 3.8) is 0 Å². The number of aliphatic hydroxyl groups excluding tert-OH is 1. The van der Waals surface area contributed by atoms with Gasteiger partial charge < -0.3 is 24.8 Å². The summed E-state index contributed by atoms with van der Waals surface area (Å²) in [6.45, 7) is 6.56. The number of piperidine rings is 1. The van der Waals surface area contributed by atoms with Crippen LogP contribution < -0.4 is 5.32 Å². The van der Waals surface area contributed by atoms with Gasteiger partial charge in [-0.2, -0.15) is 0 Å². The van der Waals surface area contributed by atoms with E-state index < -0.39 is 6.10 Å². The molecule has 0 bridgehead atoms. The standard InChI is InChI=1S/C21H32ClN3O3.HI/c1-2-23-21(24-14-20(26)16-5-7-17(22)8-6-16)25-11-9-18(10-12-25)28-15-19-4-3-13-27-19;/h5-8,18-20,26H,2-4,9-15H2,1H3,(H,23,24);1H. The first kappa shape index (κ1) is 24.7. The van der Waals surface area contributed by atoms with Gasteiger partial charge in [-0.3, -0.25) is 4.99 Å². The molecule has 2 heterocycles. The number of nitrogens with zero attached hydrogens (tertiary/aromatic N) is 2. The molecule has 8 heteroatoms. The molecule has 2 aliphatic rings. The fourth-order valence-corrected chi connectivity index (χ4v) is 3.77. The van der Waals surface area contributed by atoms with Crippen LogP contribution in [0.3, 0.4) is 0 Å². The Morgan fingerprint density at radius 2 is 2.03 bits per heavy atom. The van der Waals surface area contributed by atoms with Gasteiger partial charge in [0.25, 0.3) is 0 Å². The number of ether oxygens (including phenoxy) is 2. The first-order valence-electron chi connectivity index (χ1n) is 10.4. The highest BCUT2D eigenvalue weighted by atomic mass is 127. The van der Waals surface area contributed by atoms with E-state index in [1.165, 1.54) is 0 Å². The Kier molecular flexibility index (Phi) is 11.0. The fraction of sp³-hybridized carbons (Fsp3) is 0.667. The molecular weight excluding hydrogens is 505 g/mol. The molecule has 2 fully saturated rings. The maximum Gasteiger partial charge on any atom is 0.194 e. The van der Waals surface area contributed by atoms with Crippen molar-refractivity contribution in [1.82, 2.24) is 10.2 Å². The molecule has 0 amide bonds. The van der Waals surface area contributed by atoms with Crippen molar-refractivity contribution in [3.8, 4) is 0 Å². The van der Waals surface area contributed by atoms with Gasteiger partial charge in [0.1, 0.15) is 0 Å². The van der Waals surface area contributed by atoms with Crippen LogP contribution in [0.15, 0.2) is 29.3 Å². The zero-order chi connectivity index (χ0) is 19.8. The Balaban J connectivity index is 0.00000300. The highest BCUT2D eigenvalue weighted by Gasteiger charge is 2.24. The largest absolute Gasteiger partial charge is 0.386 e. The molecule has 2 saturated heterocycles. The van der Waals surface area contributed by atoms with Crippen molar-refractivity contribution in [2.24, 2.45) is 4.99 Å². The van der Waals surface area contributed by atoms with E-state index in [2.05, 4.69) is 22.1 Å². The van der Waals surface area contributed by atoms with Crippen LogP contribution in [0.2, 0.25) is 5.02 Å². The third kappa shape index (κ3) is 7.86. The van der Waals surface area contributed by atoms with Crippen molar-refractivity contribution < 1.29 is 14.6 Å². The van der Waals surface area contributed by atoms with E-state index in [1.54, 1.807) is 12.1 Å². The van der Waals surface area contributed by atoms with Crippen LogP contribution in [0.25, 0.3) is 0 Å². The van der Waals surface area contributed by atoms with E-state index in [-0.39, 0.29) is 30.1 Å². The van der Waals surface area contributed by atoms with Gasteiger partial charge in [-0.15, -0.1) is 24.0 Å². The third-order valence-corrected chi connectivity index (χ3v) is 5.54. The normalized spacial score (nSPS) is 21.7. The summed E-state index contributed by atoms with van der Waals surface area (Å²) in [7, 11) is 0. The van der Waals surface area contributed by atoms with E-state index in [4.69, 9.17) is 21.1 Å². The first-order valence-corrected chi connectivity index (χ1v) is 10.7. The van der Waals surface area contributed by atoms with E-state index in [0.29, 0.717) is 24.3 Å². The van der Waals surface area contributed by atoms with Gasteiger partial charge in [0.05, 0.1) is 31.5 Å². The van der Waals surface area contributed by atoms with Crippen molar-refractivity contribution >= 4 is 41.5 Å². The minimum absolute atomic E-state index is 0.